The summed E-state index contributed by atoms with van der Waals surface area (Å²) < 4.78 is 5.30. The summed E-state index contributed by atoms with van der Waals surface area (Å²) in [5.41, 5.74) is 4.20. The molecule has 1 heterocycles. The van der Waals surface area contributed by atoms with Gasteiger partial charge < -0.3 is 19.5 Å². The highest BCUT2D eigenvalue weighted by molar-refractivity contribution is 5.94. The number of amides is 2. The lowest BCUT2D eigenvalue weighted by molar-refractivity contribution is -0.139. The van der Waals surface area contributed by atoms with Crippen LogP contribution in [0.4, 0.5) is 0 Å². The summed E-state index contributed by atoms with van der Waals surface area (Å²) >= 11 is 0. The molecule has 0 atom stereocenters. The summed E-state index contributed by atoms with van der Waals surface area (Å²) in [6.07, 6.45) is 6.08. The molecular formula is C33H37N3O3. The smallest absolute Gasteiger partial charge is 0.247 e. The number of aromatic amines is 1. The average molecular weight is 524 g/mol. The molecule has 0 saturated heterocycles. The number of H-pyrrole nitrogens is 1. The molecule has 0 bridgehead atoms. The van der Waals surface area contributed by atoms with E-state index in [-0.39, 0.29) is 24.3 Å². The van der Waals surface area contributed by atoms with Crippen molar-refractivity contribution in [3.8, 4) is 5.75 Å². The van der Waals surface area contributed by atoms with Gasteiger partial charge in [-0.2, -0.15) is 0 Å². The number of para-hydroxylation sites is 1. The predicted molar refractivity (Wildman–Crippen MR) is 157 cm³/mol. The summed E-state index contributed by atoms with van der Waals surface area (Å²) in [6, 6.07) is 25.6. The Hall–Kier alpha value is -4.32. The van der Waals surface area contributed by atoms with E-state index < -0.39 is 0 Å². The van der Waals surface area contributed by atoms with E-state index >= 15 is 0 Å². The first kappa shape index (κ1) is 27.7. The predicted octanol–water partition coefficient (Wildman–Crippen LogP) is 5.95. The van der Waals surface area contributed by atoms with Crippen molar-refractivity contribution in [1.29, 1.82) is 0 Å². The third-order valence-electron chi connectivity index (χ3n) is 6.65. The van der Waals surface area contributed by atoms with Gasteiger partial charge in [-0.3, -0.25) is 9.59 Å². The Balaban J connectivity index is 1.52. The molecule has 0 saturated carbocycles. The fourth-order valence-electron chi connectivity index (χ4n) is 4.61. The molecule has 6 nitrogen and oxygen atoms in total. The average Bonchev–Trinajstić information content (AvgIpc) is 3.37. The molecular weight excluding hydrogens is 486 g/mol. The van der Waals surface area contributed by atoms with E-state index in [9.17, 15) is 9.59 Å². The normalized spacial score (nSPS) is 11.3. The van der Waals surface area contributed by atoms with Crippen LogP contribution in [0.15, 0.2) is 91.1 Å². The van der Waals surface area contributed by atoms with Gasteiger partial charge in [-0.05, 0) is 53.3 Å². The molecule has 0 aliphatic carbocycles. The topological polar surface area (TPSA) is 65.6 Å². The van der Waals surface area contributed by atoms with Gasteiger partial charge in [0.05, 0.1) is 7.11 Å². The summed E-state index contributed by atoms with van der Waals surface area (Å²) in [5, 5.41) is 1.16. The Kier molecular flexibility index (Phi) is 9.57. The zero-order chi connectivity index (χ0) is 27.6. The van der Waals surface area contributed by atoms with E-state index in [0.29, 0.717) is 26.1 Å². The van der Waals surface area contributed by atoms with Gasteiger partial charge >= 0.3 is 0 Å². The zero-order valence-electron chi connectivity index (χ0n) is 23.0. The number of carbonyl (C=O) groups is 2. The highest BCUT2D eigenvalue weighted by Gasteiger charge is 2.22. The lowest BCUT2D eigenvalue weighted by Crippen LogP contribution is -2.44. The number of nitrogens with zero attached hydrogens (tertiary/aromatic N) is 2. The second-order valence-electron chi connectivity index (χ2n) is 10.1. The summed E-state index contributed by atoms with van der Waals surface area (Å²) in [7, 11) is 1.64. The molecule has 2 amide bonds. The number of hydrogen-bond acceptors (Lipinski definition) is 3. The van der Waals surface area contributed by atoms with Gasteiger partial charge in [-0.25, -0.2) is 0 Å². The van der Waals surface area contributed by atoms with Crippen LogP contribution in [0.1, 0.15) is 30.5 Å². The molecule has 1 aromatic heterocycles. The van der Waals surface area contributed by atoms with Crippen molar-refractivity contribution in [1.82, 2.24) is 14.8 Å². The molecule has 0 aliphatic heterocycles. The monoisotopic (exact) mass is 523 g/mol. The minimum atomic E-state index is -0.165. The van der Waals surface area contributed by atoms with E-state index in [2.05, 4.69) is 31.0 Å². The Bertz CT molecular complexity index is 1390. The molecule has 202 valence electrons. The minimum Gasteiger partial charge on any atom is -0.497 e. The van der Waals surface area contributed by atoms with Crippen LogP contribution in [0.2, 0.25) is 0 Å². The number of methoxy groups -OCH3 is 1. The first-order valence-electron chi connectivity index (χ1n) is 13.4. The lowest BCUT2D eigenvalue weighted by atomic mass is 10.1. The van der Waals surface area contributed by atoms with E-state index in [0.717, 1.165) is 27.8 Å². The number of fused-ring (bicyclic) bond motifs is 1. The van der Waals surface area contributed by atoms with Crippen molar-refractivity contribution >= 4 is 28.8 Å². The van der Waals surface area contributed by atoms with E-state index in [1.807, 2.05) is 77.8 Å². The summed E-state index contributed by atoms with van der Waals surface area (Å²) in [4.78, 5) is 33.7. The molecule has 0 spiro atoms. The molecule has 0 fully saturated rings. The Morgan fingerprint density at radius 2 is 1.64 bits per heavy atom. The van der Waals surface area contributed by atoms with E-state index in [1.165, 1.54) is 5.56 Å². The Labute approximate surface area is 230 Å². The maximum atomic E-state index is 13.7. The number of hydrogen-bond donors (Lipinski definition) is 1. The Morgan fingerprint density at radius 3 is 2.36 bits per heavy atom. The molecule has 3 aromatic carbocycles. The number of benzene rings is 3. The van der Waals surface area contributed by atoms with Crippen LogP contribution in [-0.2, 0) is 22.6 Å². The van der Waals surface area contributed by atoms with Gasteiger partial charge in [0.1, 0.15) is 12.3 Å². The first-order valence-corrected chi connectivity index (χ1v) is 13.4. The number of carbonyl (C=O) groups excluding carboxylic acids is 2. The van der Waals surface area contributed by atoms with E-state index in [1.54, 1.807) is 24.2 Å². The number of aromatic nitrogens is 1. The van der Waals surface area contributed by atoms with Crippen molar-refractivity contribution < 1.29 is 14.3 Å². The summed E-state index contributed by atoms with van der Waals surface area (Å²) in [6.45, 7) is 5.63. The van der Waals surface area contributed by atoms with Crippen LogP contribution in [0.3, 0.4) is 0 Å². The maximum Gasteiger partial charge on any atom is 0.247 e. The van der Waals surface area contributed by atoms with Gasteiger partial charge in [0.2, 0.25) is 11.8 Å². The van der Waals surface area contributed by atoms with Crippen molar-refractivity contribution in [3.05, 3.63) is 108 Å². The standard InChI is InChI=1S/C33H37N3O3/c1-25(2)22-36(32(37)18-15-26-9-5-4-6-10-26)24-33(38)35(23-27-13-16-29(39-3)17-14-27)20-19-28-21-34-31-12-8-7-11-30(28)31/h4-18,21,25,34H,19-20,22-24H2,1-3H3. The second kappa shape index (κ2) is 13.5. The molecule has 0 aliphatic rings. The molecule has 6 heteroatoms. The third kappa shape index (κ3) is 7.84. The maximum absolute atomic E-state index is 13.7. The van der Waals surface area contributed by atoms with Crippen LogP contribution in [0, 0.1) is 5.92 Å². The van der Waals surface area contributed by atoms with Gasteiger partial charge in [-0.1, -0.05) is 74.5 Å². The van der Waals surface area contributed by atoms with Gasteiger partial charge in [-0.15, -0.1) is 0 Å². The summed E-state index contributed by atoms with van der Waals surface area (Å²) in [5.74, 6) is 0.761. The SMILES string of the molecule is COc1ccc(CN(CCc2c[nH]c3ccccc23)C(=O)CN(CC(C)C)C(=O)C=Cc2ccccc2)cc1. The molecule has 39 heavy (non-hydrogen) atoms. The number of ether oxygens (including phenoxy) is 1. The largest absolute Gasteiger partial charge is 0.497 e. The van der Waals surface area contributed by atoms with Crippen LogP contribution in [0.25, 0.3) is 17.0 Å². The van der Waals surface area contributed by atoms with Crippen LogP contribution in [0.5, 0.6) is 5.75 Å². The second-order valence-corrected chi connectivity index (χ2v) is 10.1. The number of nitrogens with one attached hydrogen (secondary N) is 1. The Morgan fingerprint density at radius 1 is 0.923 bits per heavy atom. The van der Waals surface area contributed by atoms with Gasteiger partial charge in [0.25, 0.3) is 0 Å². The van der Waals surface area contributed by atoms with E-state index in [4.69, 9.17) is 4.74 Å². The quantitative estimate of drug-likeness (QED) is 0.234. The molecule has 0 unspecified atom stereocenters. The van der Waals surface area contributed by atoms with Crippen LogP contribution >= 0.6 is 0 Å². The molecule has 4 aromatic rings. The fraction of sp³-hybridized carbons (Fsp3) is 0.273. The number of rotatable bonds is 12. The molecule has 1 N–H and O–H groups in total. The van der Waals surface area contributed by atoms with Gasteiger partial charge in [0.15, 0.2) is 0 Å². The molecule has 0 radical (unpaired) electrons. The van der Waals surface area contributed by atoms with Crippen molar-refractivity contribution in [2.24, 2.45) is 5.92 Å². The highest BCUT2D eigenvalue weighted by Crippen LogP contribution is 2.20. The van der Waals surface area contributed by atoms with Crippen LogP contribution in [-0.4, -0.2) is 53.3 Å². The zero-order valence-corrected chi connectivity index (χ0v) is 23.0. The van der Waals surface area contributed by atoms with Gasteiger partial charge in [0, 0.05) is 42.8 Å². The fourth-order valence-corrected chi connectivity index (χ4v) is 4.61. The van der Waals surface area contributed by atoms with Crippen molar-refractivity contribution in [2.45, 2.75) is 26.8 Å². The third-order valence-corrected chi connectivity index (χ3v) is 6.65. The minimum absolute atomic E-state index is 0.0280. The van der Waals surface area contributed by atoms with Crippen molar-refractivity contribution in [3.63, 3.8) is 0 Å². The molecule has 4 rings (SSSR count). The highest BCUT2D eigenvalue weighted by atomic mass is 16.5. The van der Waals surface area contributed by atoms with Crippen LogP contribution < -0.4 is 4.74 Å². The first-order chi connectivity index (χ1) is 18.9. The van der Waals surface area contributed by atoms with Crippen molar-refractivity contribution in [2.75, 3.05) is 26.7 Å². The lowest BCUT2D eigenvalue weighted by Gasteiger charge is -2.28.